The molecule has 100 valence electrons. The van der Waals surface area contributed by atoms with Crippen LogP contribution in [-0.2, 0) is 6.42 Å². The molecule has 1 aromatic carbocycles. The van der Waals surface area contributed by atoms with E-state index >= 15 is 0 Å². The standard InChI is InChI=1S/C15H13N3S2/c16-13-12-5-6-19-14(12)18-15(17-13)20-8-10-7-9-3-1-2-4-11(9)10/h1-6,10H,7-8H2,(H2,16,17,18). The van der Waals surface area contributed by atoms with E-state index in [1.807, 2.05) is 11.4 Å². The number of nitrogens with two attached hydrogens (primary N) is 1. The van der Waals surface area contributed by atoms with Gasteiger partial charge >= 0.3 is 0 Å². The van der Waals surface area contributed by atoms with Crippen molar-refractivity contribution in [3.05, 3.63) is 46.8 Å². The second-order valence-corrected chi connectivity index (χ2v) is 6.82. The SMILES string of the molecule is Nc1nc(SCC2Cc3ccccc32)nc2sccc12. The third kappa shape index (κ3) is 1.98. The minimum absolute atomic E-state index is 0.591. The van der Waals surface area contributed by atoms with Crippen molar-refractivity contribution in [3.63, 3.8) is 0 Å². The van der Waals surface area contributed by atoms with Crippen LogP contribution in [0.15, 0.2) is 40.9 Å². The maximum atomic E-state index is 5.97. The number of thiophene rings is 1. The number of nitrogens with zero attached hydrogens (tertiary/aromatic N) is 2. The first kappa shape index (κ1) is 12.2. The van der Waals surface area contributed by atoms with Crippen LogP contribution in [-0.4, -0.2) is 15.7 Å². The van der Waals surface area contributed by atoms with Gasteiger partial charge in [0.05, 0.1) is 5.39 Å². The van der Waals surface area contributed by atoms with Crippen LogP contribution in [0.5, 0.6) is 0 Å². The maximum Gasteiger partial charge on any atom is 0.190 e. The first-order chi connectivity index (χ1) is 9.81. The summed E-state index contributed by atoms with van der Waals surface area (Å²) in [6.07, 6.45) is 1.17. The van der Waals surface area contributed by atoms with Crippen LogP contribution >= 0.6 is 23.1 Å². The number of fused-ring (bicyclic) bond motifs is 2. The Morgan fingerprint density at radius 2 is 2.15 bits per heavy atom. The summed E-state index contributed by atoms with van der Waals surface area (Å²) in [6, 6.07) is 10.6. The molecule has 0 spiro atoms. The van der Waals surface area contributed by atoms with Gasteiger partial charge < -0.3 is 5.73 Å². The highest BCUT2D eigenvalue weighted by Gasteiger charge is 2.25. The first-order valence-corrected chi connectivity index (χ1v) is 8.39. The number of hydrogen-bond donors (Lipinski definition) is 1. The van der Waals surface area contributed by atoms with Gasteiger partial charge in [-0.1, -0.05) is 36.0 Å². The lowest BCUT2D eigenvalue weighted by Gasteiger charge is -2.29. The number of thioether (sulfide) groups is 1. The Labute approximate surface area is 125 Å². The van der Waals surface area contributed by atoms with Crippen LogP contribution in [0.1, 0.15) is 17.0 Å². The maximum absolute atomic E-state index is 5.97. The molecule has 0 bridgehead atoms. The zero-order chi connectivity index (χ0) is 13.5. The van der Waals surface area contributed by atoms with Gasteiger partial charge in [0.25, 0.3) is 0 Å². The van der Waals surface area contributed by atoms with E-state index in [1.165, 1.54) is 17.5 Å². The zero-order valence-electron chi connectivity index (χ0n) is 10.7. The van der Waals surface area contributed by atoms with Crippen molar-refractivity contribution in [2.75, 3.05) is 11.5 Å². The summed E-state index contributed by atoms with van der Waals surface area (Å²) in [4.78, 5) is 9.95. The van der Waals surface area contributed by atoms with Crippen molar-refractivity contribution in [1.82, 2.24) is 9.97 Å². The van der Waals surface area contributed by atoms with Gasteiger partial charge in [-0.2, -0.15) is 0 Å². The normalized spacial score (nSPS) is 16.9. The number of aromatic nitrogens is 2. The third-order valence-corrected chi connectivity index (χ3v) is 5.53. The quantitative estimate of drug-likeness (QED) is 0.592. The van der Waals surface area contributed by atoms with Crippen LogP contribution in [0.3, 0.4) is 0 Å². The summed E-state index contributed by atoms with van der Waals surface area (Å²) < 4.78 is 0. The van der Waals surface area contributed by atoms with Crippen molar-refractivity contribution >= 4 is 39.1 Å². The number of hydrogen-bond acceptors (Lipinski definition) is 5. The van der Waals surface area contributed by atoms with E-state index in [9.17, 15) is 0 Å². The molecule has 1 aliphatic rings. The molecule has 0 amide bonds. The average Bonchev–Trinajstić information content (AvgIpc) is 2.89. The van der Waals surface area contributed by atoms with Crippen LogP contribution < -0.4 is 5.73 Å². The second kappa shape index (κ2) is 4.75. The molecule has 0 radical (unpaired) electrons. The van der Waals surface area contributed by atoms with Gasteiger partial charge in [-0.15, -0.1) is 11.3 Å². The molecule has 20 heavy (non-hydrogen) atoms. The van der Waals surface area contributed by atoms with E-state index < -0.39 is 0 Å². The molecule has 4 rings (SSSR count). The molecule has 1 unspecified atom stereocenters. The molecular formula is C15H13N3S2. The minimum Gasteiger partial charge on any atom is -0.383 e. The summed E-state index contributed by atoms with van der Waals surface area (Å²) in [5.74, 6) is 2.24. The molecule has 0 fully saturated rings. The topological polar surface area (TPSA) is 51.8 Å². The summed E-state index contributed by atoms with van der Waals surface area (Å²) >= 11 is 3.32. The van der Waals surface area contributed by atoms with Crippen LogP contribution in [0.2, 0.25) is 0 Å². The summed E-state index contributed by atoms with van der Waals surface area (Å²) in [6.45, 7) is 0. The molecule has 2 aromatic heterocycles. The van der Waals surface area contributed by atoms with E-state index in [2.05, 4.69) is 34.2 Å². The van der Waals surface area contributed by atoms with Crippen molar-refractivity contribution < 1.29 is 0 Å². The first-order valence-electron chi connectivity index (χ1n) is 6.52. The fraction of sp³-hybridized carbons (Fsp3) is 0.200. The number of benzene rings is 1. The van der Waals surface area contributed by atoms with E-state index in [4.69, 9.17) is 5.73 Å². The summed E-state index contributed by atoms with van der Waals surface area (Å²) in [7, 11) is 0. The highest BCUT2D eigenvalue weighted by atomic mass is 32.2. The summed E-state index contributed by atoms with van der Waals surface area (Å²) in [5, 5.41) is 3.77. The smallest absolute Gasteiger partial charge is 0.190 e. The molecule has 0 aliphatic heterocycles. The monoisotopic (exact) mass is 299 g/mol. The number of anilines is 1. The molecule has 1 aliphatic carbocycles. The fourth-order valence-corrected chi connectivity index (χ4v) is 4.40. The predicted molar refractivity (Wildman–Crippen MR) is 85.4 cm³/mol. The Balaban J connectivity index is 1.52. The molecule has 3 aromatic rings. The Kier molecular flexibility index (Phi) is 2.89. The molecule has 2 heterocycles. The number of rotatable bonds is 3. The van der Waals surface area contributed by atoms with Crippen molar-refractivity contribution in [3.8, 4) is 0 Å². The van der Waals surface area contributed by atoms with Gasteiger partial charge in [-0.3, -0.25) is 0 Å². The molecule has 2 N–H and O–H groups in total. The molecular weight excluding hydrogens is 286 g/mol. The summed E-state index contributed by atoms with van der Waals surface area (Å²) in [5.41, 5.74) is 8.93. The Bertz CT molecular complexity index is 782. The molecule has 0 saturated carbocycles. The molecule has 0 saturated heterocycles. The van der Waals surface area contributed by atoms with Crippen LogP contribution in [0.4, 0.5) is 5.82 Å². The molecule has 1 atom stereocenters. The Morgan fingerprint density at radius 1 is 1.25 bits per heavy atom. The van der Waals surface area contributed by atoms with E-state index in [0.717, 1.165) is 21.1 Å². The largest absolute Gasteiger partial charge is 0.383 e. The highest BCUT2D eigenvalue weighted by molar-refractivity contribution is 7.99. The van der Waals surface area contributed by atoms with Gasteiger partial charge in [0.2, 0.25) is 0 Å². The van der Waals surface area contributed by atoms with E-state index in [-0.39, 0.29) is 0 Å². The zero-order valence-corrected chi connectivity index (χ0v) is 12.4. The Hall–Kier alpha value is -1.59. The lowest BCUT2D eigenvalue weighted by molar-refractivity contribution is 0.676. The van der Waals surface area contributed by atoms with Gasteiger partial charge in [0, 0.05) is 5.75 Å². The van der Waals surface area contributed by atoms with Crippen molar-refractivity contribution in [2.45, 2.75) is 17.5 Å². The fourth-order valence-electron chi connectivity index (χ4n) is 2.61. The van der Waals surface area contributed by atoms with E-state index in [1.54, 1.807) is 23.1 Å². The van der Waals surface area contributed by atoms with E-state index in [0.29, 0.717) is 11.7 Å². The number of nitrogen functional groups attached to an aromatic ring is 1. The van der Waals surface area contributed by atoms with Gasteiger partial charge in [-0.05, 0) is 34.9 Å². The predicted octanol–water partition coefficient (Wildman–Crippen LogP) is 3.71. The van der Waals surface area contributed by atoms with Crippen molar-refractivity contribution in [1.29, 1.82) is 0 Å². The molecule has 5 heteroatoms. The van der Waals surface area contributed by atoms with Crippen LogP contribution in [0.25, 0.3) is 10.2 Å². The van der Waals surface area contributed by atoms with Crippen LogP contribution in [0, 0.1) is 0 Å². The van der Waals surface area contributed by atoms with Gasteiger partial charge in [0.1, 0.15) is 10.6 Å². The highest BCUT2D eigenvalue weighted by Crippen LogP contribution is 2.38. The Morgan fingerprint density at radius 3 is 3.05 bits per heavy atom. The lowest BCUT2D eigenvalue weighted by atomic mass is 9.79. The lowest BCUT2D eigenvalue weighted by Crippen LogP contribution is -2.18. The van der Waals surface area contributed by atoms with Gasteiger partial charge in [-0.25, -0.2) is 9.97 Å². The van der Waals surface area contributed by atoms with Crippen molar-refractivity contribution in [2.24, 2.45) is 0 Å². The second-order valence-electron chi connectivity index (χ2n) is 4.94. The average molecular weight is 299 g/mol. The molecule has 3 nitrogen and oxygen atoms in total. The van der Waals surface area contributed by atoms with Gasteiger partial charge in [0.15, 0.2) is 5.16 Å². The minimum atomic E-state index is 0.591. The third-order valence-electron chi connectivity index (χ3n) is 3.71.